The fraction of sp³-hybridized carbons (Fsp3) is 0.390. The quantitative estimate of drug-likeness (QED) is 0.0908. The van der Waals surface area contributed by atoms with Crippen molar-refractivity contribution in [2.45, 2.75) is 83.2 Å². The lowest BCUT2D eigenvalue weighted by Gasteiger charge is -2.33. The molecule has 0 aliphatic heterocycles. The van der Waals surface area contributed by atoms with E-state index in [4.69, 9.17) is 14.2 Å². The first-order valence-corrected chi connectivity index (χ1v) is 17.0. The summed E-state index contributed by atoms with van der Waals surface area (Å²) in [7, 11) is 2.84. The number of esters is 2. The molecule has 2 atom stereocenters. The van der Waals surface area contributed by atoms with E-state index in [0.717, 1.165) is 75.5 Å². The van der Waals surface area contributed by atoms with Gasteiger partial charge in [0.25, 0.3) is 0 Å². The number of ether oxygens (including phenoxy) is 3. The van der Waals surface area contributed by atoms with Crippen molar-refractivity contribution in [3.63, 3.8) is 0 Å². The molecule has 0 radical (unpaired) electrons. The number of aromatic nitrogens is 1. The zero-order chi connectivity index (χ0) is 32.8. The Bertz CT molecular complexity index is 1580. The standard InChI is InChI=1S/C41H47NO5/c1-45-40(43)18-9-7-13-33(36-16-10-15-35-27-38(41(44)46-2)42-28-37(35)36)25-26-34-14-6-8-17-39(34)47-29-32-23-21-31(22-24-32)20-19-30-11-4-3-5-12-30/h3-6,8,11-12,14,17,21-24,27-28,33,36H,7,9-10,13,15-16,18-20,25-26,29H2,1-2H3. The van der Waals surface area contributed by atoms with E-state index < -0.39 is 5.97 Å². The maximum atomic E-state index is 12.2. The number of pyridine rings is 1. The summed E-state index contributed by atoms with van der Waals surface area (Å²) >= 11 is 0. The van der Waals surface area contributed by atoms with Gasteiger partial charge in [-0.2, -0.15) is 0 Å². The maximum absolute atomic E-state index is 12.2. The molecular weight excluding hydrogens is 586 g/mol. The number of fused-ring (bicyclic) bond motifs is 1. The van der Waals surface area contributed by atoms with Crippen LogP contribution in [0.5, 0.6) is 5.75 Å². The minimum atomic E-state index is -0.398. The van der Waals surface area contributed by atoms with Crippen molar-refractivity contribution in [3.8, 4) is 5.75 Å². The largest absolute Gasteiger partial charge is 0.489 e. The van der Waals surface area contributed by atoms with Crippen LogP contribution in [0.15, 0.2) is 91.1 Å². The number of hydrogen-bond donors (Lipinski definition) is 0. The maximum Gasteiger partial charge on any atom is 0.356 e. The third-order valence-electron chi connectivity index (χ3n) is 9.50. The third-order valence-corrected chi connectivity index (χ3v) is 9.50. The van der Waals surface area contributed by atoms with Gasteiger partial charge >= 0.3 is 11.9 Å². The predicted octanol–water partition coefficient (Wildman–Crippen LogP) is 8.63. The van der Waals surface area contributed by atoms with Crippen LogP contribution in [-0.4, -0.2) is 31.1 Å². The summed E-state index contributed by atoms with van der Waals surface area (Å²) in [4.78, 5) is 28.4. The van der Waals surface area contributed by atoms with Crippen molar-refractivity contribution >= 4 is 11.9 Å². The average molecular weight is 634 g/mol. The van der Waals surface area contributed by atoms with Crippen LogP contribution < -0.4 is 4.74 Å². The molecule has 5 rings (SSSR count). The zero-order valence-electron chi connectivity index (χ0n) is 27.8. The van der Waals surface area contributed by atoms with Gasteiger partial charge in [0.1, 0.15) is 18.1 Å². The summed E-state index contributed by atoms with van der Waals surface area (Å²) in [6.45, 7) is 0.525. The van der Waals surface area contributed by atoms with Crippen molar-refractivity contribution in [1.29, 1.82) is 0 Å². The minimum Gasteiger partial charge on any atom is -0.489 e. The molecule has 246 valence electrons. The molecule has 1 aliphatic rings. The van der Waals surface area contributed by atoms with Crippen molar-refractivity contribution in [2.75, 3.05) is 14.2 Å². The number of benzene rings is 3. The van der Waals surface area contributed by atoms with Crippen molar-refractivity contribution in [3.05, 3.63) is 130 Å². The van der Waals surface area contributed by atoms with Crippen LogP contribution in [0.1, 0.15) is 94.7 Å². The first-order chi connectivity index (χ1) is 23.0. The second kappa shape index (κ2) is 17.5. The van der Waals surface area contributed by atoms with Gasteiger partial charge in [0, 0.05) is 12.6 Å². The van der Waals surface area contributed by atoms with E-state index in [-0.39, 0.29) is 5.97 Å². The number of aryl methyl sites for hydroxylation is 4. The molecule has 0 saturated carbocycles. The topological polar surface area (TPSA) is 74.7 Å². The molecule has 0 N–H and O–H groups in total. The lowest BCUT2D eigenvalue weighted by Crippen LogP contribution is -2.21. The highest BCUT2D eigenvalue weighted by Crippen LogP contribution is 2.41. The van der Waals surface area contributed by atoms with E-state index in [0.29, 0.717) is 30.6 Å². The third kappa shape index (κ3) is 9.77. The minimum absolute atomic E-state index is 0.156. The van der Waals surface area contributed by atoms with Crippen LogP contribution in [0.4, 0.5) is 0 Å². The molecule has 1 aromatic heterocycles. The van der Waals surface area contributed by atoms with Gasteiger partial charge in [-0.05, 0) is 115 Å². The molecule has 0 fully saturated rings. The van der Waals surface area contributed by atoms with Crippen LogP contribution >= 0.6 is 0 Å². The van der Waals surface area contributed by atoms with Crippen LogP contribution in [0.2, 0.25) is 0 Å². The normalized spacial score (nSPS) is 14.6. The van der Waals surface area contributed by atoms with Crippen LogP contribution in [-0.2, 0) is 46.6 Å². The number of unbranched alkanes of at least 4 members (excludes halogenated alkanes) is 1. The Hall–Kier alpha value is -4.45. The Balaban J connectivity index is 1.23. The summed E-state index contributed by atoms with van der Waals surface area (Å²) in [6, 6.07) is 29.7. The number of carbonyl (C=O) groups excluding carboxylic acids is 2. The Labute approximate surface area is 279 Å². The van der Waals surface area contributed by atoms with Gasteiger partial charge in [-0.25, -0.2) is 9.78 Å². The lowest BCUT2D eigenvalue weighted by molar-refractivity contribution is -0.140. The SMILES string of the molecule is COC(=O)CCCCC(CCc1ccccc1OCc1ccc(CCc2ccccc2)cc1)C1CCCc2cc(C(=O)OC)ncc21. The van der Waals surface area contributed by atoms with Crippen LogP contribution in [0.3, 0.4) is 0 Å². The summed E-state index contributed by atoms with van der Waals surface area (Å²) in [5.41, 5.74) is 7.87. The Morgan fingerprint density at radius 3 is 2.30 bits per heavy atom. The van der Waals surface area contributed by atoms with Crippen molar-refractivity contribution in [2.24, 2.45) is 5.92 Å². The molecule has 0 bridgehead atoms. The molecule has 0 amide bonds. The number of nitrogens with zero attached hydrogens (tertiary/aromatic N) is 1. The molecule has 6 nitrogen and oxygen atoms in total. The van der Waals surface area contributed by atoms with Gasteiger partial charge in [0.15, 0.2) is 0 Å². The van der Waals surface area contributed by atoms with Gasteiger partial charge in [-0.3, -0.25) is 4.79 Å². The lowest BCUT2D eigenvalue weighted by atomic mass is 9.72. The first-order valence-electron chi connectivity index (χ1n) is 17.0. The summed E-state index contributed by atoms with van der Waals surface area (Å²) in [5, 5.41) is 0. The molecule has 3 aromatic carbocycles. The van der Waals surface area contributed by atoms with E-state index in [1.165, 1.54) is 42.0 Å². The number of rotatable bonds is 16. The highest BCUT2D eigenvalue weighted by molar-refractivity contribution is 5.87. The van der Waals surface area contributed by atoms with Crippen molar-refractivity contribution < 1.29 is 23.8 Å². The zero-order valence-corrected chi connectivity index (χ0v) is 27.8. The van der Waals surface area contributed by atoms with E-state index in [2.05, 4.69) is 77.8 Å². The van der Waals surface area contributed by atoms with E-state index in [1.54, 1.807) is 0 Å². The second-order valence-corrected chi connectivity index (χ2v) is 12.6. The molecule has 4 aromatic rings. The highest BCUT2D eigenvalue weighted by atomic mass is 16.5. The Morgan fingerprint density at radius 1 is 0.809 bits per heavy atom. The number of methoxy groups -OCH3 is 2. The Morgan fingerprint density at radius 2 is 1.53 bits per heavy atom. The molecule has 0 spiro atoms. The summed E-state index contributed by atoms with van der Waals surface area (Å²) < 4.78 is 16.2. The predicted molar refractivity (Wildman–Crippen MR) is 185 cm³/mol. The number of para-hydroxylation sites is 1. The van der Waals surface area contributed by atoms with Crippen LogP contribution in [0, 0.1) is 5.92 Å². The van der Waals surface area contributed by atoms with Gasteiger partial charge in [0.05, 0.1) is 14.2 Å². The van der Waals surface area contributed by atoms with E-state index in [1.807, 2.05) is 18.3 Å². The van der Waals surface area contributed by atoms with E-state index in [9.17, 15) is 9.59 Å². The molecule has 6 heteroatoms. The molecule has 47 heavy (non-hydrogen) atoms. The van der Waals surface area contributed by atoms with Gasteiger partial charge < -0.3 is 14.2 Å². The molecular formula is C41H47NO5. The number of carbonyl (C=O) groups is 2. The van der Waals surface area contributed by atoms with Crippen LogP contribution in [0.25, 0.3) is 0 Å². The van der Waals surface area contributed by atoms with Gasteiger partial charge in [0.2, 0.25) is 0 Å². The summed E-state index contributed by atoms with van der Waals surface area (Å²) in [5.74, 6) is 1.14. The first kappa shape index (κ1) is 33.9. The van der Waals surface area contributed by atoms with Crippen molar-refractivity contribution in [1.82, 2.24) is 4.98 Å². The van der Waals surface area contributed by atoms with Gasteiger partial charge in [-0.1, -0.05) is 79.2 Å². The van der Waals surface area contributed by atoms with Gasteiger partial charge in [-0.15, -0.1) is 0 Å². The fourth-order valence-electron chi connectivity index (χ4n) is 6.85. The fourth-order valence-corrected chi connectivity index (χ4v) is 6.85. The highest BCUT2D eigenvalue weighted by Gasteiger charge is 2.29. The molecule has 0 saturated heterocycles. The second-order valence-electron chi connectivity index (χ2n) is 12.6. The Kier molecular flexibility index (Phi) is 12.6. The molecule has 1 aliphatic carbocycles. The monoisotopic (exact) mass is 633 g/mol. The number of hydrogen-bond acceptors (Lipinski definition) is 6. The average Bonchev–Trinajstić information content (AvgIpc) is 3.13. The van der Waals surface area contributed by atoms with E-state index >= 15 is 0 Å². The smallest absolute Gasteiger partial charge is 0.356 e. The summed E-state index contributed by atoms with van der Waals surface area (Å²) in [6.07, 6.45) is 12.2. The molecule has 1 heterocycles. The molecule has 2 unspecified atom stereocenters.